The van der Waals surface area contributed by atoms with E-state index in [1.807, 2.05) is 30.3 Å². The summed E-state index contributed by atoms with van der Waals surface area (Å²) in [6.07, 6.45) is -5.21. The van der Waals surface area contributed by atoms with Gasteiger partial charge in [-0.2, -0.15) is 0 Å². The van der Waals surface area contributed by atoms with E-state index in [-0.39, 0.29) is 6.61 Å². The second-order valence-electron chi connectivity index (χ2n) is 6.56. The predicted octanol–water partition coefficient (Wildman–Crippen LogP) is 3.54. The van der Waals surface area contributed by atoms with Crippen molar-refractivity contribution in [3.05, 3.63) is 35.9 Å². The maximum atomic E-state index is 11.8. The second-order valence-corrected chi connectivity index (χ2v) is 8.84. The first-order chi connectivity index (χ1) is 14.0. The molecule has 2 rings (SSSR count). The number of carbonyl (C=O) groups is 2. The molecule has 1 aliphatic heterocycles. The Morgan fingerprint density at radius 1 is 1.00 bits per heavy atom. The first kappa shape index (κ1) is 24.7. The number of alkyl halides is 3. The van der Waals surface area contributed by atoms with Gasteiger partial charge in [-0.3, -0.25) is 15.0 Å². The van der Waals surface area contributed by atoms with E-state index in [9.17, 15) is 9.59 Å². The Labute approximate surface area is 189 Å². The van der Waals surface area contributed by atoms with E-state index < -0.39 is 52.3 Å². The van der Waals surface area contributed by atoms with Crippen LogP contribution in [0.15, 0.2) is 30.3 Å². The van der Waals surface area contributed by atoms with E-state index >= 15 is 0 Å². The topological polar surface area (TPSA) is 104 Å². The van der Waals surface area contributed by atoms with Crippen molar-refractivity contribution >= 4 is 52.6 Å². The Morgan fingerprint density at radius 2 is 1.57 bits per heavy atom. The SMILES string of the molecule is CC(=O)O[C@@H]1[C@H](OC(C)=O)[C@H](C)OC(OC(=N)C(Cl)(Cl)Cl)[C@H]1OCc1ccccc1. The normalized spacial score (nSPS) is 26.5. The molecule has 0 radical (unpaired) electrons. The van der Waals surface area contributed by atoms with Gasteiger partial charge in [0.2, 0.25) is 12.2 Å². The standard InChI is InChI=1S/C19H22Cl3NO7/c1-10-14(28-11(2)24)15(29-12(3)25)16(26-9-13-7-5-4-6-8-13)17(27-10)30-18(23)19(20,21)22/h4-8,10,14-17,23H,9H2,1-3H3/t10-,14+,15+,16-,17?/m0/s1. The molecule has 0 spiro atoms. The molecule has 1 heterocycles. The molecule has 1 aromatic rings. The summed E-state index contributed by atoms with van der Waals surface area (Å²) in [5.41, 5.74) is 0.817. The van der Waals surface area contributed by atoms with Crippen molar-refractivity contribution in [1.82, 2.24) is 0 Å². The highest BCUT2D eigenvalue weighted by Crippen LogP contribution is 2.33. The summed E-state index contributed by atoms with van der Waals surface area (Å²) >= 11 is 17.1. The Hall–Kier alpha value is -1.58. The van der Waals surface area contributed by atoms with Crippen molar-refractivity contribution in [3.63, 3.8) is 0 Å². The zero-order valence-electron chi connectivity index (χ0n) is 16.5. The molecule has 11 heteroatoms. The summed E-state index contributed by atoms with van der Waals surface area (Å²) < 4.78 is 25.6. The molecule has 0 amide bonds. The van der Waals surface area contributed by atoms with Gasteiger partial charge < -0.3 is 23.7 Å². The molecule has 0 aliphatic carbocycles. The molecule has 8 nitrogen and oxygen atoms in total. The van der Waals surface area contributed by atoms with Crippen LogP contribution in [0.4, 0.5) is 0 Å². The summed E-state index contributed by atoms with van der Waals surface area (Å²) in [7, 11) is 0. The van der Waals surface area contributed by atoms with Crippen LogP contribution in [0.25, 0.3) is 0 Å². The number of esters is 2. The van der Waals surface area contributed by atoms with Crippen LogP contribution in [0.3, 0.4) is 0 Å². The fraction of sp³-hybridized carbons (Fsp3) is 0.526. The molecule has 0 saturated carbocycles. The molecule has 1 saturated heterocycles. The van der Waals surface area contributed by atoms with Crippen LogP contribution in [0.2, 0.25) is 0 Å². The third kappa shape index (κ3) is 6.99. The van der Waals surface area contributed by atoms with Crippen molar-refractivity contribution in [2.75, 3.05) is 0 Å². The highest BCUT2D eigenvalue weighted by Gasteiger charge is 2.51. The number of halogens is 3. The van der Waals surface area contributed by atoms with Crippen molar-refractivity contribution in [3.8, 4) is 0 Å². The molecule has 0 bridgehead atoms. The van der Waals surface area contributed by atoms with Crippen LogP contribution in [0.1, 0.15) is 26.3 Å². The highest BCUT2D eigenvalue weighted by molar-refractivity contribution is 6.76. The van der Waals surface area contributed by atoms with E-state index in [1.54, 1.807) is 6.92 Å². The fourth-order valence-electron chi connectivity index (χ4n) is 2.87. The van der Waals surface area contributed by atoms with E-state index in [1.165, 1.54) is 13.8 Å². The second kappa shape index (κ2) is 10.6. The number of carbonyl (C=O) groups excluding carboxylic acids is 2. The van der Waals surface area contributed by atoms with Crippen LogP contribution in [-0.2, 0) is 39.9 Å². The van der Waals surface area contributed by atoms with Gasteiger partial charge in [0.15, 0.2) is 18.3 Å². The van der Waals surface area contributed by atoms with Gasteiger partial charge in [-0.15, -0.1) is 0 Å². The first-order valence-electron chi connectivity index (χ1n) is 8.97. The maximum absolute atomic E-state index is 11.8. The quantitative estimate of drug-likeness (QED) is 0.286. The molecule has 1 aromatic carbocycles. The molecular formula is C19H22Cl3NO7. The smallest absolute Gasteiger partial charge is 0.303 e. The third-order valence-corrected chi connectivity index (χ3v) is 4.62. The minimum absolute atomic E-state index is 0.0920. The zero-order chi connectivity index (χ0) is 22.5. The first-order valence-corrected chi connectivity index (χ1v) is 10.1. The van der Waals surface area contributed by atoms with Crippen LogP contribution >= 0.6 is 34.8 Å². The number of rotatable bonds is 6. The maximum Gasteiger partial charge on any atom is 0.303 e. The molecule has 1 aliphatic rings. The lowest BCUT2D eigenvalue weighted by atomic mass is 9.98. The summed E-state index contributed by atoms with van der Waals surface area (Å²) in [5.74, 6) is -1.93. The summed E-state index contributed by atoms with van der Waals surface area (Å²) in [6.45, 7) is 4.11. The number of hydrogen-bond acceptors (Lipinski definition) is 8. The minimum Gasteiger partial charge on any atom is -0.456 e. The van der Waals surface area contributed by atoms with Gasteiger partial charge in [-0.25, -0.2) is 0 Å². The Kier molecular flexibility index (Phi) is 8.75. The molecule has 1 fully saturated rings. The van der Waals surface area contributed by atoms with Gasteiger partial charge in [-0.1, -0.05) is 65.1 Å². The number of hydrogen-bond donors (Lipinski definition) is 1. The van der Waals surface area contributed by atoms with E-state index in [4.69, 9.17) is 63.9 Å². The Bertz CT molecular complexity index is 756. The van der Waals surface area contributed by atoms with Gasteiger partial charge in [-0.05, 0) is 12.5 Å². The summed E-state index contributed by atoms with van der Waals surface area (Å²) in [4.78, 5) is 23.3. The number of ether oxygens (including phenoxy) is 5. The summed E-state index contributed by atoms with van der Waals surface area (Å²) in [6, 6.07) is 9.17. The van der Waals surface area contributed by atoms with E-state index in [0.29, 0.717) is 0 Å². The van der Waals surface area contributed by atoms with Gasteiger partial charge >= 0.3 is 11.9 Å². The molecule has 1 N–H and O–H groups in total. The molecular weight excluding hydrogens is 461 g/mol. The Morgan fingerprint density at radius 3 is 2.10 bits per heavy atom. The monoisotopic (exact) mass is 481 g/mol. The fourth-order valence-corrected chi connectivity index (χ4v) is 3.01. The number of nitrogens with one attached hydrogen (secondary N) is 1. The van der Waals surface area contributed by atoms with Crippen LogP contribution in [-0.4, -0.2) is 52.3 Å². The lowest BCUT2D eigenvalue weighted by Crippen LogP contribution is -2.61. The van der Waals surface area contributed by atoms with Crippen LogP contribution in [0, 0.1) is 5.41 Å². The minimum atomic E-state index is -2.14. The van der Waals surface area contributed by atoms with Gasteiger partial charge in [0, 0.05) is 13.8 Å². The van der Waals surface area contributed by atoms with Crippen molar-refractivity contribution in [1.29, 1.82) is 5.41 Å². The highest BCUT2D eigenvalue weighted by atomic mass is 35.6. The van der Waals surface area contributed by atoms with Crippen LogP contribution in [0.5, 0.6) is 0 Å². The predicted molar refractivity (Wildman–Crippen MR) is 110 cm³/mol. The molecule has 30 heavy (non-hydrogen) atoms. The third-order valence-electron chi connectivity index (χ3n) is 4.11. The number of benzene rings is 1. The van der Waals surface area contributed by atoms with Crippen molar-refractivity contribution < 1.29 is 33.3 Å². The largest absolute Gasteiger partial charge is 0.456 e. The van der Waals surface area contributed by atoms with Gasteiger partial charge in [0.05, 0.1) is 12.7 Å². The Balaban J connectivity index is 2.33. The van der Waals surface area contributed by atoms with E-state index in [2.05, 4.69) is 0 Å². The molecule has 1 unspecified atom stereocenters. The lowest BCUT2D eigenvalue weighted by molar-refractivity contribution is -0.291. The van der Waals surface area contributed by atoms with Gasteiger partial charge in [0.1, 0.15) is 0 Å². The average Bonchev–Trinajstić information content (AvgIpc) is 2.63. The summed E-state index contributed by atoms with van der Waals surface area (Å²) in [5, 5.41) is 7.85. The van der Waals surface area contributed by atoms with Crippen molar-refractivity contribution in [2.24, 2.45) is 0 Å². The van der Waals surface area contributed by atoms with E-state index in [0.717, 1.165) is 5.56 Å². The zero-order valence-corrected chi connectivity index (χ0v) is 18.7. The molecule has 166 valence electrons. The van der Waals surface area contributed by atoms with Crippen LogP contribution < -0.4 is 0 Å². The van der Waals surface area contributed by atoms with Crippen molar-refractivity contribution in [2.45, 2.75) is 61.9 Å². The lowest BCUT2D eigenvalue weighted by Gasteiger charge is -2.44. The average molecular weight is 483 g/mol. The van der Waals surface area contributed by atoms with Gasteiger partial charge in [0.25, 0.3) is 3.79 Å². The molecule has 5 atom stereocenters. The molecule has 0 aromatic heterocycles.